The summed E-state index contributed by atoms with van der Waals surface area (Å²) in [4.78, 5) is 38.0. The second-order valence-electron chi connectivity index (χ2n) is 6.02. The molecule has 1 aliphatic heterocycles. The van der Waals surface area contributed by atoms with Crippen molar-refractivity contribution < 1.29 is 68.5 Å². The number of aromatic amines is 1. The summed E-state index contributed by atoms with van der Waals surface area (Å²) in [6.45, 7) is -2.67. The molecule has 21 heteroatoms. The van der Waals surface area contributed by atoms with E-state index in [2.05, 4.69) is 30.3 Å². The van der Waals surface area contributed by atoms with Gasteiger partial charge in [0.25, 0.3) is 0 Å². The molecule has 0 aliphatic carbocycles. The van der Waals surface area contributed by atoms with Crippen molar-refractivity contribution in [2.45, 2.75) is 31.0 Å². The van der Waals surface area contributed by atoms with Gasteiger partial charge in [-0.2, -0.15) is 8.62 Å². The van der Waals surface area contributed by atoms with Gasteiger partial charge < -0.3 is 39.5 Å². The van der Waals surface area contributed by atoms with Gasteiger partial charge in [0.1, 0.15) is 22.4 Å². The highest BCUT2D eigenvalue weighted by Crippen LogP contribution is 2.66. The average Bonchev–Trinajstić information content (AvgIpc) is 2.77. The molecule has 178 valence electrons. The number of nitrogens with one attached hydrogen (secondary N) is 1. The molecule has 1 saturated heterocycles. The van der Waals surface area contributed by atoms with Gasteiger partial charge in [0, 0.05) is 6.20 Å². The minimum Gasteiger partial charge on any atom is -0.387 e. The standard InChI is InChI=1S/C10H16FN2O13P3S2/c1-10(15)6(14)5(24-8(10)13-2-4(11)7(30)12-9(13)31)3-23-28(19,20)26-29(21,22)25-27(16,17)18/h2,5-6,8,14-15H,3H2,1H3,(H,19,20)(H,21,22)(H,12,30,31)(H2,16,17,18)/t5-,6+,8-,10?/m1/s1/i3D2. The van der Waals surface area contributed by atoms with Gasteiger partial charge in [0.15, 0.2) is 16.8 Å². The van der Waals surface area contributed by atoms with E-state index in [-0.39, 0.29) is 4.77 Å². The molecular formula is C10H16FN2O13P3S2. The Kier molecular flexibility index (Phi) is 7.07. The number of ether oxygens (including phenoxy) is 1. The van der Waals surface area contributed by atoms with Gasteiger partial charge >= 0.3 is 23.5 Å². The molecule has 2 rings (SSSR count). The lowest BCUT2D eigenvalue weighted by Crippen LogP contribution is -2.44. The fourth-order valence-electron chi connectivity index (χ4n) is 2.29. The number of phosphoric ester groups is 1. The Bertz CT molecular complexity index is 1190. The van der Waals surface area contributed by atoms with E-state index < -0.39 is 64.5 Å². The van der Waals surface area contributed by atoms with Crippen LogP contribution in [0.4, 0.5) is 4.39 Å². The van der Waals surface area contributed by atoms with Gasteiger partial charge in [-0.3, -0.25) is 9.09 Å². The second kappa shape index (κ2) is 9.18. The molecule has 0 saturated carbocycles. The highest BCUT2D eigenvalue weighted by atomic mass is 32.1. The topological polar surface area (TPSA) is 230 Å². The van der Waals surface area contributed by atoms with Gasteiger partial charge in [0.05, 0.1) is 9.30 Å². The largest absolute Gasteiger partial charge is 0.490 e. The molecule has 0 amide bonds. The zero-order valence-corrected chi connectivity index (χ0v) is 19.2. The van der Waals surface area contributed by atoms with E-state index in [4.69, 9.17) is 34.4 Å². The lowest BCUT2D eigenvalue weighted by atomic mass is 9.96. The third-order valence-corrected chi connectivity index (χ3v) is 7.81. The number of H-pyrrole nitrogens is 1. The van der Waals surface area contributed by atoms with Crippen molar-refractivity contribution in [3.63, 3.8) is 0 Å². The Morgan fingerprint density at radius 2 is 1.87 bits per heavy atom. The normalized spacial score (nSPS) is 32.1. The number of phosphoric acid groups is 3. The summed E-state index contributed by atoms with van der Waals surface area (Å²) < 4.78 is 79.7. The molecule has 0 spiro atoms. The molecule has 31 heavy (non-hydrogen) atoms. The predicted octanol–water partition coefficient (Wildman–Crippen LogP) is 0.767. The monoisotopic (exact) mass is 550 g/mol. The Balaban J connectivity index is 2.34. The highest BCUT2D eigenvalue weighted by molar-refractivity contribution is 7.72. The Morgan fingerprint density at radius 3 is 2.42 bits per heavy atom. The van der Waals surface area contributed by atoms with Crippen LogP contribution in [-0.4, -0.2) is 63.7 Å². The van der Waals surface area contributed by atoms with E-state index in [0.29, 0.717) is 6.20 Å². The molecule has 2 heterocycles. The van der Waals surface area contributed by atoms with E-state index in [9.17, 15) is 33.2 Å². The summed E-state index contributed by atoms with van der Waals surface area (Å²) >= 11 is 9.59. The zero-order valence-electron chi connectivity index (χ0n) is 16.8. The van der Waals surface area contributed by atoms with Crippen molar-refractivity contribution in [3.8, 4) is 0 Å². The van der Waals surface area contributed by atoms with Crippen molar-refractivity contribution in [2.24, 2.45) is 0 Å². The van der Waals surface area contributed by atoms with Crippen LogP contribution in [0.15, 0.2) is 6.20 Å². The van der Waals surface area contributed by atoms with Gasteiger partial charge in [-0.05, 0) is 19.1 Å². The fourth-order valence-corrected chi connectivity index (χ4v) is 5.63. The summed E-state index contributed by atoms with van der Waals surface area (Å²) in [6, 6.07) is 0. The molecule has 7 N–H and O–H groups in total. The molecule has 15 nitrogen and oxygen atoms in total. The number of aliphatic hydroxyl groups excluding tert-OH is 1. The van der Waals surface area contributed by atoms with Crippen LogP contribution in [0.2, 0.25) is 0 Å². The Morgan fingerprint density at radius 1 is 1.29 bits per heavy atom. The van der Waals surface area contributed by atoms with Crippen LogP contribution in [0.25, 0.3) is 0 Å². The SMILES string of the molecule is [2H]C([2H])(OP(=O)(O)OP(=O)(O)OP(=O)(O)O)[C@H]1O[C@@H](n2cc(F)c(=S)[nH]c2=S)C(C)(O)[C@H]1O. The van der Waals surface area contributed by atoms with E-state index in [1.165, 1.54) is 0 Å². The van der Waals surface area contributed by atoms with Crippen LogP contribution < -0.4 is 0 Å². The van der Waals surface area contributed by atoms with Crippen molar-refractivity contribution in [3.05, 3.63) is 21.4 Å². The maximum atomic E-state index is 13.9. The minimum atomic E-state index is -5.99. The van der Waals surface area contributed by atoms with Gasteiger partial charge in [0.2, 0.25) is 0 Å². The predicted molar refractivity (Wildman–Crippen MR) is 101 cm³/mol. The van der Waals surface area contributed by atoms with Crippen LogP contribution in [-0.2, 0) is 31.6 Å². The lowest BCUT2D eigenvalue weighted by molar-refractivity contribution is -0.0981. The lowest BCUT2D eigenvalue weighted by Gasteiger charge is -2.28. The minimum absolute atomic E-state index is 0.326. The van der Waals surface area contributed by atoms with E-state index in [1.807, 2.05) is 0 Å². The van der Waals surface area contributed by atoms with Crippen molar-refractivity contribution in [2.75, 3.05) is 6.56 Å². The van der Waals surface area contributed by atoms with E-state index in [1.54, 1.807) is 0 Å². The van der Waals surface area contributed by atoms with Crippen LogP contribution in [0.5, 0.6) is 0 Å². The summed E-state index contributed by atoms with van der Waals surface area (Å²) in [6.07, 6.45) is -5.73. The van der Waals surface area contributed by atoms with Gasteiger partial charge in [-0.1, -0.05) is 12.2 Å². The fraction of sp³-hybridized carbons (Fsp3) is 0.600. The van der Waals surface area contributed by atoms with Crippen LogP contribution >= 0.6 is 47.9 Å². The maximum Gasteiger partial charge on any atom is 0.490 e. The summed E-state index contributed by atoms with van der Waals surface area (Å²) in [5.41, 5.74) is -2.43. The first kappa shape index (κ1) is 23.9. The summed E-state index contributed by atoms with van der Waals surface area (Å²) in [5.74, 6) is -1.03. The maximum absolute atomic E-state index is 13.9. The molecule has 0 radical (unpaired) electrons. The quantitative estimate of drug-likeness (QED) is 0.175. The molecule has 6 atom stereocenters. The zero-order chi connectivity index (χ0) is 25.8. The number of hydrogen-bond donors (Lipinski definition) is 7. The van der Waals surface area contributed by atoms with E-state index in [0.717, 1.165) is 11.5 Å². The molecule has 3 unspecified atom stereocenters. The molecular weight excluding hydrogens is 532 g/mol. The number of hydrogen-bond acceptors (Lipinski definition) is 11. The smallest absolute Gasteiger partial charge is 0.387 e. The van der Waals surface area contributed by atoms with Crippen molar-refractivity contribution >= 4 is 47.9 Å². The van der Waals surface area contributed by atoms with Crippen molar-refractivity contribution in [1.29, 1.82) is 0 Å². The number of halogens is 1. The molecule has 1 fully saturated rings. The van der Waals surface area contributed by atoms with Crippen LogP contribution in [0, 0.1) is 15.2 Å². The Hall–Kier alpha value is -0.260. The first-order valence-electron chi connectivity index (χ1n) is 8.49. The molecule has 1 aromatic heterocycles. The number of nitrogens with zero attached hydrogens (tertiary/aromatic N) is 1. The number of aromatic nitrogens is 2. The Labute approximate surface area is 185 Å². The highest BCUT2D eigenvalue weighted by Gasteiger charge is 2.54. The third kappa shape index (κ3) is 6.86. The third-order valence-electron chi connectivity index (χ3n) is 3.54. The van der Waals surface area contributed by atoms with Crippen LogP contribution in [0.1, 0.15) is 15.9 Å². The van der Waals surface area contributed by atoms with Crippen LogP contribution in [0.3, 0.4) is 0 Å². The molecule has 0 aromatic carbocycles. The first-order valence-corrected chi connectivity index (χ1v) is 12.8. The van der Waals surface area contributed by atoms with Gasteiger partial charge in [-0.25, -0.2) is 18.1 Å². The average molecular weight is 550 g/mol. The summed E-state index contributed by atoms with van der Waals surface area (Å²) in [7, 11) is -17.7. The summed E-state index contributed by atoms with van der Waals surface area (Å²) in [5, 5.41) is 21.0. The van der Waals surface area contributed by atoms with Crippen molar-refractivity contribution in [1.82, 2.24) is 9.55 Å². The number of aliphatic hydroxyl groups is 2. The van der Waals surface area contributed by atoms with Gasteiger partial charge in [-0.15, -0.1) is 0 Å². The number of rotatable bonds is 8. The first-order chi connectivity index (χ1) is 14.6. The second-order valence-corrected chi connectivity index (χ2v) is 11.2. The molecule has 1 aromatic rings. The molecule has 1 aliphatic rings. The molecule has 0 bridgehead atoms. The van der Waals surface area contributed by atoms with E-state index >= 15 is 0 Å².